The second-order valence-electron chi connectivity index (χ2n) is 6.13. The Morgan fingerprint density at radius 2 is 2.36 bits per heavy atom. The molecule has 3 aromatic heterocycles. The number of fused-ring (bicyclic) bond motifs is 1. The Kier molecular flexibility index (Phi) is 4.10. The first-order valence-corrected chi connectivity index (χ1v) is 8.30. The van der Waals surface area contributed by atoms with Gasteiger partial charge in [-0.2, -0.15) is 0 Å². The van der Waals surface area contributed by atoms with Crippen molar-refractivity contribution in [3.63, 3.8) is 0 Å². The van der Waals surface area contributed by atoms with Gasteiger partial charge in [-0.25, -0.2) is 9.97 Å². The molecule has 1 atom stereocenters. The van der Waals surface area contributed by atoms with Crippen LogP contribution in [0.5, 0.6) is 0 Å². The fraction of sp³-hybridized carbons (Fsp3) is 0.263. The van der Waals surface area contributed by atoms with E-state index in [4.69, 9.17) is 11.4 Å². The van der Waals surface area contributed by atoms with E-state index in [-0.39, 0.29) is 6.61 Å². The SMILES string of the molecule is C#Cc1cn2c(-c3cccc(NC4CCNC4)n3)cnc2cc1CO. The lowest BCUT2D eigenvalue weighted by molar-refractivity contribution is 0.281. The van der Waals surface area contributed by atoms with Crippen LogP contribution in [0.15, 0.2) is 36.7 Å². The molecule has 6 nitrogen and oxygen atoms in total. The first-order chi connectivity index (χ1) is 12.3. The molecule has 0 amide bonds. The van der Waals surface area contributed by atoms with Crippen molar-refractivity contribution in [1.82, 2.24) is 19.7 Å². The fourth-order valence-corrected chi connectivity index (χ4v) is 3.16. The molecule has 0 spiro atoms. The van der Waals surface area contributed by atoms with Crippen LogP contribution >= 0.6 is 0 Å². The predicted octanol–water partition coefficient (Wildman–Crippen LogP) is 1.64. The quantitative estimate of drug-likeness (QED) is 0.633. The van der Waals surface area contributed by atoms with Gasteiger partial charge in [0.15, 0.2) is 0 Å². The van der Waals surface area contributed by atoms with Crippen LogP contribution in [0.4, 0.5) is 5.82 Å². The molecular weight excluding hydrogens is 314 g/mol. The maximum atomic E-state index is 9.45. The molecule has 1 unspecified atom stereocenters. The highest BCUT2D eigenvalue weighted by atomic mass is 16.3. The van der Waals surface area contributed by atoms with Crippen LogP contribution in [0, 0.1) is 12.3 Å². The van der Waals surface area contributed by atoms with E-state index in [1.165, 1.54) is 0 Å². The van der Waals surface area contributed by atoms with Crippen LogP contribution < -0.4 is 10.6 Å². The molecular formula is C19H19N5O. The third-order valence-corrected chi connectivity index (χ3v) is 4.48. The minimum Gasteiger partial charge on any atom is -0.392 e. The summed E-state index contributed by atoms with van der Waals surface area (Å²) in [5.41, 5.74) is 3.77. The summed E-state index contributed by atoms with van der Waals surface area (Å²) in [6.45, 7) is 1.88. The number of nitrogens with zero attached hydrogens (tertiary/aromatic N) is 3. The molecule has 0 aliphatic carbocycles. The lowest BCUT2D eigenvalue weighted by Crippen LogP contribution is -2.22. The van der Waals surface area contributed by atoms with Crippen LogP contribution in [-0.4, -0.2) is 38.6 Å². The monoisotopic (exact) mass is 333 g/mol. The summed E-state index contributed by atoms with van der Waals surface area (Å²) in [6.07, 6.45) is 10.3. The van der Waals surface area contributed by atoms with Crippen LogP contribution in [0.3, 0.4) is 0 Å². The van der Waals surface area contributed by atoms with E-state index in [0.717, 1.165) is 42.4 Å². The third kappa shape index (κ3) is 2.95. The first-order valence-electron chi connectivity index (χ1n) is 8.30. The van der Waals surface area contributed by atoms with E-state index in [1.54, 1.807) is 6.20 Å². The number of rotatable bonds is 4. The Morgan fingerprint density at radius 1 is 1.44 bits per heavy atom. The van der Waals surface area contributed by atoms with Crippen molar-refractivity contribution in [3.8, 4) is 23.7 Å². The number of terminal acetylenes is 1. The molecule has 1 aliphatic rings. The zero-order valence-electron chi connectivity index (χ0n) is 13.7. The molecule has 1 saturated heterocycles. The summed E-state index contributed by atoms with van der Waals surface area (Å²) in [5, 5.41) is 16.2. The van der Waals surface area contributed by atoms with Gasteiger partial charge in [-0.1, -0.05) is 12.0 Å². The maximum Gasteiger partial charge on any atom is 0.137 e. The standard InChI is InChI=1S/C19H19N5O/c1-2-13-11-24-17(10-21-19(24)8-14(13)12-25)16-4-3-5-18(23-16)22-15-6-7-20-9-15/h1,3-5,8,10-11,15,20,25H,6-7,9,12H2,(H,22,23). The summed E-state index contributed by atoms with van der Waals surface area (Å²) in [4.78, 5) is 9.15. The number of aliphatic hydroxyl groups is 1. The highest BCUT2D eigenvalue weighted by Crippen LogP contribution is 2.23. The molecule has 4 rings (SSSR count). The summed E-state index contributed by atoms with van der Waals surface area (Å²) in [7, 11) is 0. The van der Waals surface area contributed by atoms with Crippen molar-refractivity contribution in [3.05, 3.63) is 47.8 Å². The number of imidazole rings is 1. The molecule has 0 aromatic carbocycles. The van der Waals surface area contributed by atoms with E-state index in [0.29, 0.717) is 17.2 Å². The van der Waals surface area contributed by atoms with Gasteiger partial charge in [0.2, 0.25) is 0 Å². The largest absolute Gasteiger partial charge is 0.392 e. The number of hydrogen-bond donors (Lipinski definition) is 3. The smallest absolute Gasteiger partial charge is 0.137 e. The van der Waals surface area contributed by atoms with E-state index >= 15 is 0 Å². The van der Waals surface area contributed by atoms with Crippen molar-refractivity contribution in [2.24, 2.45) is 0 Å². The average Bonchev–Trinajstić information content (AvgIpc) is 3.29. The molecule has 1 fully saturated rings. The van der Waals surface area contributed by atoms with E-state index in [2.05, 4.69) is 21.5 Å². The van der Waals surface area contributed by atoms with Gasteiger partial charge in [-0.3, -0.25) is 4.40 Å². The highest BCUT2D eigenvalue weighted by molar-refractivity contribution is 5.63. The van der Waals surface area contributed by atoms with E-state index in [1.807, 2.05) is 34.9 Å². The molecule has 126 valence electrons. The Hall–Kier alpha value is -2.88. The van der Waals surface area contributed by atoms with Crippen LogP contribution in [0.25, 0.3) is 17.0 Å². The Labute approximate surface area is 145 Å². The van der Waals surface area contributed by atoms with Gasteiger partial charge < -0.3 is 15.7 Å². The number of pyridine rings is 2. The molecule has 0 bridgehead atoms. The summed E-state index contributed by atoms with van der Waals surface area (Å²) >= 11 is 0. The molecule has 6 heteroatoms. The van der Waals surface area contributed by atoms with Gasteiger partial charge in [0.05, 0.1) is 24.2 Å². The van der Waals surface area contributed by atoms with Crippen molar-refractivity contribution in [2.75, 3.05) is 18.4 Å². The first kappa shape index (κ1) is 15.6. The molecule has 0 radical (unpaired) electrons. The average molecular weight is 333 g/mol. The van der Waals surface area contributed by atoms with Crippen molar-refractivity contribution >= 4 is 11.5 Å². The fourth-order valence-electron chi connectivity index (χ4n) is 3.16. The number of aliphatic hydroxyl groups excluding tert-OH is 1. The van der Waals surface area contributed by atoms with Crippen LogP contribution in [0.1, 0.15) is 17.5 Å². The molecule has 1 aliphatic heterocycles. The number of nitrogens with one attached hydrogen (secondary N) is 2. The normalized spacial score (nSPS) is 16.9. The van der Waals surface area contributed by atoms with Crippen molar-refractivity contribution in [1.29, 1.82) is 0 Å². The minimum atomic E-state index is -0.106. The van der Waals surface area contributed by atoms with Gasteiger partial charge in [0, 0.05) is 24.3 Å². The topological polar surface area (TPSA) is 74.5 Å². The molecule has 4 heterocycles. The minimum absolute atomic E-state index is 0.106. The van der Waals surface area contributed by atoms with Gasteiger partial charge in [0.1, 0.15) is 11.5 Å². The zero-order chi connectivity index (χ0) is 17.2. The molecule has 3 N–H and O–H groups in total. The predicted molar refractivity (Wildman–Crippen MR) is 97.2 cm³/mol. The second kappa shape index (κ2) is 6.55. The zero-order valence-corrected chi connectivity index (χ0v) is 13.7. The number of anilines is 1. The number of aromatic nitrogens is 3. The summed E-state index contributed by atoms with van der Waals surface area (Å²) in [5.74, 6) is 3.47. The molecule has 0 saturated carbocycles. The van der Waals surface area contributed by atoms with Gasteiger partial charge in [-0.05, 0) is 36.7 Å². The Morgan fingerprint density at radius 3 is 3.12 bits per heavy atom. The van der Waals surface area contributed by atoms with Gasteiger partial charge in [-0.15, -0.1) is 6.42 Å². The van der Waals surface area contributed by atoms with Crippen LogP contribution in [-0.2, 0) is 6.61 Å². The highest BCUT2D eigenvalue weighted by Gasteiger charge is 2.15. The second-order valence-corrected chi connectivity index (χ2v) is 6.13. The summed E-state index contributed by atoms with van der Waals surface area (Å²) in [6, 6.07) is 8.13. The number of hydrogen-bond acceptors (Lipinski definition) is 5. The third-order valence-electron chi connectivity index (χ3n) is 4.48. The van der Waals surface area contributed by atoms with E-state index in [9.17, 15) is 5.11 Å². The lowest BCUT2D eigenvalue weighted by atomic mass is 10.1. The maximum absolute atomic E-state index is 9.45. The van der Waals surface area contributed by atoms with Gasteiger partial charge >= 0.3 is 0 Å². The van der Waals surface area contributed by atoms with Crippen molar-refractivity contribution < 1.29 is 5.11 Å². The Balaban J connectivity index is 1.73. The van der Waals surface area contributed by atoms with Crippen LogP contribution in [0.2, 0.25) is 0 Å². The van der Waals surface area contributed by atoms with Gasteiger partial charge in [0.25, 0.3) is 0 Å². The van der Waals surface area contributed by atoms with Crippen molar-refractivity contribution in [2.45, 2.75) is 19.1 Å². The summed E-state index contributed by atoms with van der Waals surface area (Å²) < 4.78 is 1.91. The van der Waals surface area contributed by atoms with E-state index < -0.39 is 0 Å². The Bertz CT molecular complexity index is 950. The lowest BCUT2D eigenvalue weighted by Gasteiger charge is -2.13. The molecule has 3 aromatic rings. The molecule has 25 heavy (non-hydrogen) atoms.